The van der Waals surface area contributed by atoms with Crippen LogP contribution in [0.25, 0.3) is 0 Å². The first kappa shape index (κ1) is 22.5. The summed E-state index contributed by atoms with van der Waals surface area (Å²) < 4.78 is 6.03. The van der Waals surface area contributed by atoms with E-state index >= 15 is 0 Å². The van der Waals surface area contributed by atoms with Crippen LogP contribution >= 0.6 is 0 Å². The Bertz CT molecular complexity index is 820. The van der Waals surface area contributed by atoms with Crippen molar-refractivity contribution in [3.05, 3.63) is 67.8 Å². The number of nitroso groups, excluding NO2 is 1. The zero-order chi connectivity index (χ0) is 20.9. The number of hydrogen-bond acceptors (Lipinski definition) is 7. The van der Waals surface area contributed by atoms with Gasteiger partial charge in [0.1, 0.15) is 5.75 Å². The molecule has 1 aliphatic rings. The first-order valence-electron chi connectivity index (χ1n) is 9.90. The topological polar surface area (TPSA) is 128 Å². The second-order valence-corrected chi connectivity index (χ2v) is 6.89. The number of rotatable bonds is 9. The van der Waals surface area contributed by atoms with Crippen molar-refractivity contribution in [3.63, 3.8) is 0 Å². The van der Waals surface area contributed by atoms with Gasteiger partial charge in [-0.05, 0) is 56.7 Å². The highest BCUT2D eigenvalue weighted by molar-refractivity contribution is 5.30. The van der Waals surface area contributed by atoms with Crippen LogP contribution < -0.4 is 26.8 Å². The quantitative estimate of drug-likeness (QED) is 0.289. The Balaban J connectivity index is 0.000000313. The van der Waals surface area contributed by atoms with Gasteiger partial charge in [0.05, 0.1) is 12.6 Å². The molecular formula is C20H29N5O4. The fraction of sp³-hybridized carbons (Fsp3) is 0.500. The lowest BCUT2D eigenvalue weighted by Gasteiger charge is -2.18. The minimum absolute atomic E-state index is 0.182. The summed E-state index contributed by atoms with van der Waals surface area (Å²) >= 11 is 0. The summed E-state index contributed by atoms with van der Waals surface area (Å²) in [7, 11) is 0. The minimum atomic E-state index is -0.475. The smallest absolute Gasteiger partial charge is 0.325 e. The minimum Gasteiger partial charge on any atom is -0.490 e. The monoisotopic (exact) mass is 403 g/mol. The molecule has 1 fully saturated rings. The SMILES string of the molecule is CC(NNCCCN=O)c1cccc(OC2CCCC2)c1.O=c1cc[nH]c(=O)[nH]1. The molecule has 9 nitrogen and oxygen atoms in total. The Morgan fingerprint density at radius 1 is 1.24 bits per heavy atom. The van der Waals surface area contributed by atoms with Crippen LogP contribution in [0.1, 0.15) is 50.6 Å². The molecular weight excluding hydrogens is 374 g/mol. The van der Waals surface area contributed by atoms with E-state index in [0.717, 1.165) is 18.7 Å². The second kappa shape index (κ2) is 12.6. The number of nitrogens with one attached hydrogen (secondary N) is 4. The van der Waals surface area contributed by atoms with E-state index in [0.29, 0.717) is 12.6 Å². The summed E-state index contributed by atoms with van der Waals surface area (Å²) in [5.74, 6) is 0.957. The predicted octanol–water partition coefficient (Wildman–Crippen LogP) is 2.38. The van der Waals surface area contributed by atoms with Crippen LogP contribution in [0.15, 0.2) is 51.3 Å². The molecule has 1 aromatic heterocycles. The Kier molecular flexibility index (Phi) is 9.81. The molecule has 3 rings (SSSR count). The number of nitrogens with zero attached hydrogens (tertiary/aromatic N) is 1. The average Bonchev–Trinajstić information content (AvgIpc) is 3.21. The van der Waals surface area contributed by atoms with Crippen LogP contribution in [0.2, 0.25) is 0 Å². The number of aromatic amines is 2. The van der Waals surface area contributed by atoms with Crippen molar-refractivity contribution in [2.75, 3.05) is 13.1 Å². The lowest BCUT2D eigenvalue weighted by atomic mass is 10.1. The van der Waals surface area contributed by atoms with Crippen LogP contribution in [0.5, 0.6) is 5.75 Å². The van der Waals surface area contributed by atoms with E-state index in [9.17, 15) is 14.5 Å². The molecule has 0 bridgehead atoms. The summed E-state index contributed by atoms with van der Waals surface area (Å²) in [5.41, 5.74) is 6.68. The van der Waals surface area contributed by atoms with Crippen molar-refractivity contribution in [3.8, 4) is 5.75 Å². The normalized spacial score (nSPS) is 14.7. The predicted molar refractivity (Wildman–Crippen MR) is 112 cm³/mol. The fourth-order valence-corrected chi connectivity index (χ4v) is 2.98. The maximum absolute atomic E-state index is 10.2. The highest BCUT2D eigenvalue weighted by atomic mass is 16.5. The molecule has 2 aromatic rings. The van der Waals surface area contributed by atoms with E-state index in [4.69, 9.17) is 4.74 Å². The van der Waals surface area contributed by atoms with Gasteiger partial charge in [-0.25, -0.2) is 4.79 Å². The number of benzene rings is 1. The molecule has 1 atom stereocenters. The summed E-state index contributed by atoms with van der Waals surface area (Å²) in [5, 5.41) is 2.84. The third-order valence-electron chi connectivity index (χ3n) is 4.52. The van der Waals surface area contributed by atoms with Crippen LogP contribution in [0.4, 0.5) is 0 Å². The highest BCUT2D eigenvalue weighted by Crippen LogP contribution is 2.25. The molecule has 158 valence electrons. The van der Waals surface area contributed by atoms with E-state index in [1.165, 1.54) is 43.5 Å². The maximum Gasteiger partial charge on any atom is 0.325 e. The van der Waals surface area contributed by atoms with E-state index in [2.05, 4.69) is 40.1 Å². The Labute approximate surface area is 169 Å². The first-order valence-corrected chi connectivity index (χ1v) is 9.90. The molecule has 1 unspecified atom stereocenters. The number of aromatic nitrogens is 2. The molecule has 0 spiro atoms. The summed E-state index contributed by atoms with van der Waals surface area (Å²) in [6.07, 6.45) is 7.32. The van der Waals surface area contributed by atoms with Crippen molar-refractivity contribution >= 4 is 0 Å². The van der Waals surface area contributed by atoms with Crippen molar-refractivity contribution < 1.29 is 4.74 Å². The van der Waals surface area contributed by atoms with Crippen LogP contribution in [0, 0.1) is 4.91 Å². The number of ether oxygens (including phenoxy) is 1. The fourth-order valence-electron chi connectivity index (χ4n) is 2.98. The first-order chi connectivity index (χ1) is 14.1. The van der Waals surface area contributed by atoms with Crippen LogP contribution in [-0.2, 0) is 0 Å². The number of H-pyrrole nitrogens is 2. The van der Waals surface area contributed by atoms with Crippen molar-refractivity contribution in [1.29, 1.82) is 0 Å². The molecule has 1 aliphatic carbocycles. The lowest BCUT2D eigenvalue weighted by Crippen LogP contribution is -2.35. The van der Waals surface area contributed by atoms with Crippen molar-refractivity contribution in [2.45, 2.75) is 51.2 Å². The van der Waals surface area contributed by atoms with Gasteiger partial charge in [-0.3, -0.25) is 20.6 Å². The van der Waals surface area contributed by atoms with E-state index in [1.807, 2.05) is 17.1 Å². The van der Waals surface area contributed by atoms with Gasteiger partial charge >= 0.3 is 5.69 Å². The van der Waals surface area contributed by atoms with Gasteiger partial charge in [-0.1, -0.05) is 17.3 Å². The summed E-state index contributed by atoms with van der Waals surface area (Å²) in [4.78, 5) is 34.6. The molecule has 0 aliphatic heterocycles. The largest absolute Gasteiger partial charge is 0.490 e. The van der Waals surface area contributed by atoms with Crippen molar-refractivity contribution in [2.24, 2.45) is 5.18 Å². The van der Waals surface area contributed by atoms with Crippen molar-refractivity contribution in [1.82, 2.24) is 20.8 Å². The molecule has 0 radical (unpaired) electrons. The maximum atomic E-state index is 10.2. The molecule has 4 N–H and O–H groups in total. The van der Waals surface area contributed by atoms with Crippen LogP contribution in [0.3, 0.4) is 0 Å². The zero-order valence-corrected chi connectivity index (χ0v) is 16.6. The average molecular weight is 403 g/mol. The molecule has 9 heteroatoms. The van der Waals surface area contributed by atoms with Gasteiger partial charge in [-0.15, -0.1) is 0 Å². The van der Waals surface area contributed by atoms with Gasteiger partial charge in [0.15, 0.2) is 0 Å². The molecule has 0 saturated heterocycles. The number of hydrazine groups is 1. The van der Waals surface area contributed by atoms with Gasteiger partial charge in [0.25, 0.3) is 5.56 Å². The molecule has 1 aromatic carbocycles. The van der Waals surface area contributed by atoms with Gasteiger partial charge in [0, 0.05) is 24.8 Å². The Hall–Kier alpha value is -2.78. The van der Waals surface area contributed by atoms with E-state index in [1.54, 1.807) is 0 Å². The summed E-state index contributed by atoms with van der Waals surface area (Å²) in [6.45, 7) is 3.18. The Morgan fingerprint density at radius 2 is 2.03 bits per heavy atom. The van der Waals surface area contributed by atoms with Gasteiger partial charge in [-0.2, -0.15) is 4.91 Å². The standard InChI is InChI=1S/C16H25N3O2.C4H4N2O2/c1-13(19-17-10-5-11-18-20)14-6-4-9-16(12-14)21-15-7-2-3-8-15;7-3-1-2-5-4(8)6-3/h4,6,9,12-13,15,17,19H,2-3,5,7-8,10-11H2,1H3;1-2H,(H2,5,6,7,8). The molecule has 29 heavy (non-hydrogen) atoms. The van der Waals surface area contributed by atoms with E-state index in [-0.39, 0.29) is 11.6 Å². The van der Waals surface area contributed by atoms with Gasteiger partial charge < -0.3 is 9.72 Å². The molecule has 1 heterocycles. The third-order valence-corrected chi connectivity index (χ3v) is 4.52. The van der Waals surface area contributed by atoms with E-state index < -0.39 is 5.69 Å². The third kappa shape index (κ3) is 8.84. The zero-order valence-electron chi connectivity index (χ0n) is 16.6. The number of hydrogen-bond donors (Lipinski definition) is 4. The second-order valence-electron chi connectivity index (χ2n) is 6.89. The molecule has 0 amide bonds. The highest BCUT2D eigenvalue weighted by Gasteiger charge is 2.16. The molecule has 1 saturated carbocycles. The Morgan fingerprint density at radius 3 is 2.69 bits per heavy atom. The summed E-state index contributed by atoms with van der Waals surface area (Å²) in [6, 6.07) is 9.67. The van der Waals surface area contributed by atoms with Crippen LogP contribution in [-0.4, -0.2) is 29.2 Å². The lowest BCUT2D eigenvalue weighted by molar-refractivity contribution is 0.209. The van der Waals surface area contributed by atoms with Gasteiger partial charge in [0.2, 0.25) is 0 Å².